The van der Waals surface area contributed by atoms with Gasteiger partial charge in [0.15, 0.2) is 0 Å². The van der Waals surface area contributed by atoms with Gasteiger partial charge in [-0.2, -0.15) is 5.26 Å². The van der Waals surface area contributed by atoms with Crippen molar-refractivity contribution >= 4 is 23.2 Å². The zero-order chi connectivity index (χ0) is 11.1. The van der Waals surface area contributed by atoms with Crippen molar-refractivity contribution in [3.8, 4) is 6.07 Å². The summed E-state index contributed by atoms with van der Waals surface area (Å²) in [5.41, 5.74) is 0.172. The second-order valence-electron chi connectivity index (χ2n) is 3.79. The highest BCUT2D eigenvalue weighted by Gasteiger charge is 2.56. The molecule has 4 heteroatoms. The van der Waals surface area contributed by atoms with Gasteiger partial charge in [0.2, 0.25) is 0 Å². The standard InChI is InChI=1S/C11H9Cl2NO/c12-8-1-2-9(10(13)3-8)11(6-14)4-7(11)5-15/h1-3,7,15H,4-5H2. The molecule has 0 bridgehead atoms. The summed E-state index contributed by atoms with van der Waals surface area (Å²) in [6.07, 6.45) is 0.668. The third-order valence-electron chi connectivity index (χ3n) is 2.94. The fraction of sp³-hybridized carbons (Fsp3) is 0.364. The van der Waals surface area contributed by atoms with E-state index in [-0.39, 0.29) is 12.5 Å². The highest BCUT2D eigenvalue weighted by Crippen LogP contribution is 2.55. The molecule has 1 fully saturated rings. The zero-order valence-electron chi connectivity index (χ0n) is 7.87. The molecule has 1 aliphatic carbocycles. The van der Waals surface area contributed by atoms with Gasteiger partial charge in [0.05, 0.1) is 11.5 Å². The quantitative estimate of drug-likeness (QED) is 0.866. The lowest BCUT2D eigenvalue weighted by molar-refractivity contribution is 0.269. The van der Waals surface area contributed by atoms with Gasteiger partial charge in [-0.05, 0) is 24.1 Å². The van der Waals surface area contributed by atoms with Gasteiger partial charge in [-0.25, -0.2) is 0 Å². The maximum atomic E-state index is 9.15. The van der Waals surface area contributed by atoms with E-state index >= 15 is 0 Å². The van der Waals surface area contributed by atoms with E-state index in [1.165, 1.54) is 0 Å². The SMILES string of the molecule is N#CC1(c2ccc(Cl)cc2Cl)CC1CO. The van der Waals surface area contributed by atoms with Gasteiger partial charge in [-0.1, -0.05) is 29.3 Å². The van der Waals surface area contributed by atoms with Crippen molar-refractivity contribution < 1.29 is 5.11 Å². The van der Waals surface area contributed by atoms with E-state index in [4.69, 9.17) is 33.6 Å². The molecule has 0 aliphatic heterocycles. The molecule has 1 aromatic carbocycles. The average molecular weight is 242 g/mol. The van der Waals surface area contributed by atoms with Crippen LogP contribution in [0.1, 0.15) is 12.0 Å². The molecule has 2 rings (SSSR count). The van der Waals surface area contributed by atoms with E-state index in [1.807, 2.05) is 0 Å². The first-order chi connectivity index (χ1) is 7.14. The molecule has 78 valence electrons. The third kappa shape index (κ3) is 1.61. The minimum Gasteiger partial charge on any atom is -0.396 e. The van der Waals surface area contributed by atoms with Crippen LogP contribution in [-0.4, -0.2) is 11.7 Å². The van der Waals surface area contributed by atoms with E-state index in [1.54, 1.807) is 18.2 Å². The number of halogens is 2. The molecule has 0 heterocycles. The lowest BCUT2D eigenvalue weighted by atomic mass is 9.95. The van der Waals surface area contributed by atoms with E-state index in [0.29, 0.717) is 16.5 Å². The topological polar surface area (TPSA) is 44.0 Å². The van der Waals surface area contributed by atoms with Crippen LogP contribution in [0.4, 0.5) is 0 Å². The van der Waals surface area contributed by atoms with Gasteiger partial charge in [0.25, 0.3) is 0 Å². The van der Waals surface area contributed by atoms with E-state index in [2.05, 4.69) is 6.07 Å². The monoisotopic (exact) mass is 241 g/mol. The van der Waals surface area contributed by atoms with Crippen molar-refractivity contribution in [2.24, 2.45) is 5.92 Å². The Balaban J connectivity index is 2.43. The summed E-state index contributed by atoms with van der Waals surface area (Å²) < 4.78 is 0. The molecule has 1 saturated carbocycles. The largest absolute Gasteiger partial charge is 0.396 e. The van der Waals surface area contributed by atoms with Gasteiger partial charge < -0.3 is 5.11 Å². The van der Waals surface area contributed by atoms with Crippen LogP contribution < -0.4 is 0 Å². The molecule has 0 amide bonds. The van der Waals surface area contributed by atoms with Gasteiger partial charge in [0.1, 0.15) is 0 Å². The van der Waals surface area contributed by atoms with Crippen molar-refractivity contribution in [2.75, 3.05) is 6.61 Å². The van der Waals surface area contributed by atoms with Gasteiger partial charge >= 0.3 is 0 Å². The third-order valence-corrected chi connectivity index (χ3v) is 3.48. The molecule has 0 spiro atoms. The summed E-state index contributed by atoms with van der Waals surface area (Å²) in [4.78, 5) is 0. The highest BCUT2D eigenvalue weighted by atomic mass is 35.5. The van der Waals surface area contributed by atoms with Crippen molar-refractivity contribution in [3.05, 3.63) is 33.8 Å². The van der Waals surface area contributed by atoms with Gasteiger partial charge in [-0.3, -0.25) is 0 Å². The zero-order valence-corrected chi connectivity index (χ0v) is 9.39. The summed E-state index contributed by atoms with van der Waals surface area (Å²) in [5.74, 6) is 0.00109. The number of nitriles is 1. The van der Waals surface area contributed by atoms with Crippen LogP contribution in [0.3, 0.4) is 0 Å². The molecule has 0 radical (unpaired) electrons. The normalized spacial score (nSPS) is 28.5. The van der Waals surface area contributed by atoms with E-state index in [9.17, 15) is 0 Å². The van der Waals surface area contributed by atoms with Crippen molar-refractivity contribution in [1.29, 1.82) is 5.26 Å². The Labute approximate surface area is 98.0 Å². The van der Waals surface area contributed by atoms with Crippen LogP contribution in [0.5, 0.6) is 0 Å². The fourth-order valence-corrected chi connectivity index (χ4v) is 2.51. The summed E-state index contributed by atoms with van der Waals surface area (Å²) in [5, 5.41) is 19.3. The molecular weight excluding hydrogens is 233 g/mol. The molecule has 0 aromatic heterocycles. The van der Waals surface area contributed by atoms with Crippen LogP contribution in [0.25, 0.3) is 0 Å². The summed E-state index contributed by atoms with van der Waals surface area (Å²) >= 11 is 11.8. The number of nitrogens with zero attached hydrogens (tertiary/aromatic N) is 1. The van der Waals surface area contributed by atoms with Crippen LogP contribution in [-0.2, 0) is 5.41 Å². The predicted octanol–water partition coefficient (Wildman–Crippen LogP) is 2.77. The molecule has 15 heavy (non-hydrogen) atoms. The van der Waals surface area contributed by atoms with Gasteiger partial charge in [0, 0.05) is 22.6 Å². The molecule has 1 aromatic rings. The first kappa shape index (κ1) is 10.8. The Morgan fingerprint density at radius 3 is 2.73 bits per heavy atom. The van der Waals surface area contributed by atoms with Gasteiger partial charge in [-0.15, -0.1) is 0 Å². The van der Waals surface area contributed by atoms with E-state index in [0.717, 1.165) is 5.56 Å². The molecule has 1 aliphatic rings. The Morgan fingerprint density at radius 1 is 1.53 bits per heavy atom. The maximum Gasteiger partial charge on any atom is 0.0891 e. The molecule has 1 N–H and O–H groups in total. The summed E-state index contributed by atoms with van der Waals surface area (Å²) in [6, 6.07) is 7.36. The number of rotatable bonds is 2. The Morgan fingerprint density at radius 2 is 2.27 bits per heavy atom. The minimum absolute atomic E-state index is 0.00109. The van der Waals surface area contributed by atoms with Crippen LogP contribution >= 0.6 is 23.2 Å². The molecule has 0 saturated heterocycles. The lowest BCUT2D eigenvalue weighted by Gasteiger charge is -2.10. The van der Waals surface area contributed by atoms with Crippen LogP contribution in [0.2, 0.25) is 10.0 Å². The molecule has 2 atom stereocenters. The molecule has 2 nitrogen and oxygen atoms in total. The minimum atomic E-state index is -0.601. The van der Waals surface area contributed by atoms with Crippen LogP contribution in [0.15, 0.2) is 18.2 Å². The number of benzene rings is 1. The second kappa shape index (κ2) is 3.68. The van der Waals surface area contributed by atoms with Crippen LogP contribution in [0, 0.1) is 17.2 Å². The number of aliphatic hydroxyl groups is 1. The average Bonchev–Trinajstić information content (AvgIpc) is 2.93. The smallest absolute Gasteiger partial charge is 0.0891 e. The second-order valence-corrected chi connectivity index (χ2v) is 4.63. The Hall–Kier alpha value is -0.750. The number of hydrogen-bond acceptors (Lipinski definition) is 2. The first-order valence-electron chi connectivity index (χ1n) is 4.61. The van der Waals surface area contributed by atoms with E-state index < -0.39 is 5.41 Å². The Kier molecular flexibility index (Phi) is 2.64. The lowest BCUT2D eigenvalue weighted by Crippen LogP contribution is -2.09. The summed E-state index contributed by atoms with van der Waals surface area (Å²) in [6.45, 7) is 0.0204. The molecule has 2 unspecified atom stereocenters. The summed E-state index contributed by atoms with van der Waals surface area (Å²) in [7, 11) is 0. The van der Waals surface area contributed by atoms with Crippen molar-refractivity contribution in [2.45, 2.75) is 11.8 Å². The Bertz CT molecular complexity index is 441. The first-order valence-corrected chi connectivity index (χ1v) is 5.37. The predicted molar refractivity (Wildman–Crippen MR) is 58.9 cm³/mol. The number of aliphatic hydroxyl groups excluding tert-OH is 1. The number of hydrogen-bond donors (Lipinski definition) is 1. The fourth-order valence-electron chi connectivity index (χ4n) is 1.93. The molecular formula is C11H9Cl2NO. The highest BCUT2D eigenvalue weighted by molar-refractivity contribution is 6.35. The maximum absolute atomic E-state index is 9.15. The van der Waals surface area contributed by atoms with Crippen molar-refractivity contribution in [3.63, 3.8) is 0 Å². The van der Waals surface area contributed by atoms with Crippen molar-refractivity contribution in [1.82, 2.24) is 0 Å².